The van der Waals surface area contributed by atoms with Crippen LogP contribution in [-0.2, 0) is 14.8 Å². The van der Waals surface area contributed by atoms with E-state index in [1.165, 1.54) is 13.2 Å². The molecule has 0 aromatic heterocycles. The molecule has 0 radical (unpaired) electrons. The number of nitrogens with one attached hydrogen (secondary N) is 1. The fourth-order valence-electron chi connectivity index (χ4n) is 0.451. The van der Waals surface area contributed by atoms with Crippen molar-refractivity contribution in [1.29, 1.82) is 0 Å². The van der Waals surface area contributed by atoms with Crippen molar-refractivity contribution in [2.45, 2.75) is 0 Å². The second-order valence-corrected chi connectivity index (χ2v) is 3.88. The predicted octanol–water partition coefficient (Wildman–Crippen LogP) is -0.262. The van der Waals surface area contributed by atoms with Crippen molar-refractivity contribution in [2.24, 2.45) is 0 Å². The number of ether oxygens (including phenoxy) is 1. The Morgan fingerprint density at radius 2 is 2.27 bits per heavy atom. The van der Waals surface area contributed by atoms with Gasteiger partial charge in [0.05, 0.1) is 12.4 Å². The quantitative estimate of drug-likeness (QED) is 0.571. The predicted molar refractivity (Wildman–Crippen MR) is 43.9 cm³/mol. The third kappa shape index (κ3) is 6.03. The Morgan fingerprint density at radius 1 is 1.64 bits per heavy atom. The van der Waals surface area contributed by atoms with Gasteiger partial charge in [0.1, 0.15) is 0 Å². The summed E-state index contributed by atoms with van der Waals surface area (Å²) in [7, 11) is -1.69. The van der Waals surface area contributed by atoms with E-state index in [4.69, 9.17) is 0 Å². The zero-order valence-corrected chi connectivity index (χ0v) is 7.36. The maximum Gasteiger partial charge on any atom is 0.214 e. The Balaban J connectivity index is 3.71. The molecule has 0 unspecified atom stereocenters. The van der Waals surface area contributed by atoms with Crippen LogP contribution in [0.25, 0.3) is 0 Å². The van der Waals surface area contributed by atoms with E-state index in [1.807, 2.05) is 0 Å². The molecule has 0 bridgehead atoms. The first-order valence-electron chi connectivity index (χ1n) is 3.19. The van der Waals surface area contributed by atoms with Crippen LogP contribution in [0.1, 0.15) is 0 Å². The van der Waals surface area contributed by atoms with Gasteiger partial charge < -0.3 is 4.74 Å². The lowest BCUT2D eigenvalue weighted by molar-refractivity contribution is 0.217. The van der Waals surface area contributed by atoms with E-state index in [0.717, 1.165) is 0 Å². The average molecular weight is 179 g/mol. The first kappa shape index (κ1) is 10.6. The van der Waals surface area contributed by atoms with Gasteiger partial charge in [0, 0.05) is 13.7 Å². The molecule has 0 aromatic rings. The molecule has 0 aromatic carbocycles. The molecule has 0 atom stereocenters. The summed E-state index contributed by atoms with van der Waals surface area (Å²) in [4.78, 5) is 0. The molecule has 0 amide bonds. The monoisotopic (exact) mass is 179 g/mol. The van der Waals surface area contributed by atoms with Gasteiger partial charge in [0.15, 0.2) is 0 Å². The van der Waals surface area contributed by atoms with Crippen LogP contribution in [0.4, 0.5) is 0 Å². The molecule has 4 nitrogen and oxygen atoms in total. The first-order valence-corrected chi connectivity index (χ1v) is 4.85. The minimum Gasteiger partial charge on any atom is -0.384 e. The van der Waals surface area contributed by atoms with Crippen molar-refractivity contribution in [1.82, 2.24) is 4.72 Å². The molecule has 0 rings (SSSR count). The van der Waals surface area contributed by atoms with E-state index >= 15 is 0 Å². The van der Waals surface area contributed by atoms with Crippen LogP contribution < -0.4 is 4.72 Å². The van der Waals surface area contributed by atoms with Crippen LogP contribution in [0.5, 0.6) is 0 Å². The normalized spacial score (nSPS) is 11.4. The van der Waals surface area contributed by atoms with Crippen molar-refractivity contribution in [3.63, 3.8) is 0 Å². The van der Waals surface area contributed by atoms with E-state index < -0.39 is 10.0 Å². The smallest absolute Gasteiger partial charge is 0.214 e. The largest absolute Gasteiger partial charge is 0.384 e. The van der Waals surface area contributed by atoms with Gasteiger partial charge in [-0.3, -0.25) is 0 Å². The van der Waals surface area contributed by atoms with Crippen LogP contribution in [0.2, 0.25) is 0 Å². The lowest BCUT2D eigenvalue weighted by atomic mass is 10.7. The van der Waals surface area contributed by atoms with Crippen molar-refractivity contribution >= 4 is 10.0 Å². The van der Waals surface area contributed by atoms with Gasteiger partial charge in [-0.15, -0.1) is 6.58 Å². The van der Waals surface area contributed by atoms with E-state index in [9.17, 15) is 8.42 Å². The Hall–Kier alpha value is -0.390. The fourth-order valence-corrected chi connectivity index (χ4v) is 1.35. The number of rotatable bonds is 6. The Bertz CT molecular complexity index is 198. The molecule has 0 saturated heterocycles. The molecule has 1 N–H and O–H groups in total. The lowest BCUT2D eigenvalue weighted by Crippen LogP contribution is -2.28. The third-order valence-corrected chi connectivity index (χ3v) is 2.31. The average Bonchev–Trinajstić information content (AvgIpc) is 1.97. The maximum absolute atomic E-state index is 10.9. The summed E-state index contributed by atoms with van der Waals surface area (Å²) in [5.41, 5.74) is 0. The topological polar surface area (TPSA) is 55.4 Å². The van der Waals surface area contributed by atoms with Gasteiger partial charge in [-0.2, -0.15) is 0 Å². The van der Waals surface area contributed by atoms with Crippen molar-refractivity contribution < 1.29 is 13.2 Å². The van der Waals surface area contributed by atoms with Gasteiger partial charge in [0.2, 0.25) is 10.0 Å². The summed E-state index contributed by atoms with van der Waals surface area (Å²) in [6, 6.07) is 0. The molecule has 0 saturated carbocycles. The SMILES string of the molecule is C=CCNS(=O)(=O)CCOC. The van der Waals surface area contributed by atoms with Gasteiger partial charge >= 0.3 is 0 Å². The molecule has 5 heteroatoms. The summed E-state index contributed by atoms with van der Waals surface area (Å²) < 4.78 is 28.7. The molecule has 0 aliphatic heterocycles. The molecule has 0 heterocycles. The molecule has 0 aliphatic carbocycles. The maximum atomic E-state index is 10.9. The van der Waals surface area contributed by atoms with Gasteiger partial charge in [-0.25, -0.2) is 13.1 Å². The Morgan fingerprint density at radius 3 is 2.73 bits per heavy atom. The van der Waals surface area contributed by atoms with Crippen molar-refractivity contribution in [2.75, 3.05) is 26.0 Å². The summed E-state index contributed by atoms with van der Waals surface area (Å²) >= 11 is 0. The second-order valence-electron chi connectivity index (χ2n) is 1.95. The molecule has 0 aliphatic rings. The van der Waals surface area contributed by atoms with Gasteiger partial charge in [-0.05, 0) is 0 Å². The summed E-state index contributed by atoms with van der Waals surface area (Å²) in [6.07, 6.45) is 1.49. The van der Waals surface area contributed by atoms with E-state index in [-0.39, 0.29) is 18.9 Å². The first-order chi connectivity index (χ1) is 5.12. The number of methoxy groups -OCH3 is 1. The lowest BCUT2D eigenvalue weighted by Gasteiger charge is -2.02. The highest BCUT2D eigenvalue weighted by Crippen LogP contribution is 1.83. The zero-order valence-electron chi connectivity index (χ0n) is 6.54. The highest BCUT2D eigenvalue weighted by molar-refractivity contribution is 7.89. The Kier molecular flexibility index (Phi) is 5.10. The fraction of sp³-hybridized carbons (Fsp3) is 0.667. The van der Waals surface area contributed by atoms with Crippen LogP contribution in [0, 0.1) is 0 Å². The highest BCUT2D eigenvalue weighted by Gasteiger charge is 2.06. The van der Waals surface area contributed by atoms with Crippen LogP contribution >= 0.6 is 0 Å². The van der Waals surface area contributed by atoms with E-state index in [2.05, 4.69) is 16.0 Å². The van der Waals surface area contributed by atoms with Crippen molar-refractivity contribution in [3.8, 4) is 0 Å². The molecular formula is C6H13NO3S. The molecule has 0 spiro atoms. The van der Waals surface area contributed by atoms with Gasteiger partial charge in [0.25, 0.3) is 0 Å². The van der Waals surface area contributed by atoms with Crippen LogP contribution in [0.3, 0.4) is 0 Å². The standard InChI is InChI=1S/C6H13NO3S/c1-3-4-7-11(8,9)6-5-10-2/h3,7H,1,4-6H2,2H3. The second kappa shape index (κ2) is 5.29. The number of hydrogen-bond acceptors (Lipinski definition) is 3. The Labute approximate surface area is 67.3 Å². The van der Waals surface area contributed by atoms with E-state index in [1.54, 1.807) is 0 Å². The number of hydrogen-bond donors (Lipinski definition) is 1. The summed E-state index contributed by atoms with van der Waals surface area (Å²) in [6.45, 7) is 3.87. The molecule has 11 heavy (non-hydrogen) atoms. The van der Waals surface area contributed by atoms with E-state index in [0.29, 0.717) is 0 Å². The molecule has 66 valence electrons. The minimum absolute atomic E-state index is 0.00264. The van der Waals surface area contributed by atoms with Crippen molar-refractivity contribution in [3.05, 3.63) is 12.7 Å². The summed E-state index contributed by atoms with van der Waals surface area (Å²) in [5.74, 6) is -0.00264. The van der Waals surface area contributed by atoms with Gasteiger partial charge in [-0.1, -0.05) is 6.08 Å². The summed E-state index contributed by atoms with van der Waals surface area (Å²) in [5, 5.41) is 0. The molecule has 0 fully saturated rings. The third-order valence-electron chi connectivity index (χ3n) is 1.00. The zero-order chi connectivity index (χ0) is 8.74. The number of sulfonamides is 1. The van der Waals surface area contributed by atoms with Crippen LogP contribution in [0.15, 0.2) is 12.7 Å². The molecular weight excluding hydrogens is 166 g/mol. The highest BCUT2D eigenvalue weighted by atomic mass is 32.2. The minimum atomic E-state index is -3.15. The van der Waals surface area contributed by atoms with Crippen LogP contribution in [-0.4, -0.2) is 34.4 Å².